The zero-order valence-corrected chi connectivity index (χ0v) is 11.2. The summed E-state index contributed by atoms with van der Waals surface area (Å²) in [6.07, 6.45) is 11.7. The van der Waals surface area contributed by atoms with Crippen LogP contribution in [-0.2, 0) is 0 Å². The molecule has 0 atom stereocenters. The Morgan fingerprint density at radius 3 is 1.30 bits per heavy atom. The van der Waals surface area contributed by atoms with Crippen LogP contribution in [0.25, 0.3) is 0 Å². The quantitative estimate of drug-likeness (QED) is 0.731. The summed E-state index contributed by atoms with van der Waals surface area (Å²) in [5.41, 5.74) is 2.16. The van der Waals surface area contributed by atoms with E-state index in [4.69, 9.17) is 0 Å². The Bertz CT molecular complexity index is 515. The van der Waals surface area contributed by atoms with Gasteiger partial charge in [0.15, 0.2) is 0 Å². The lowest BCUT2D eigenvalue weighted by Gasteiger charge is -1.97. The van der Waals surface area contributed by atoms with E-state index in [0.717, 1.165) is 11.4 Å². The summed E-state index contributed by atoms with van der Waals surface area (Å²) in [5.74, 6) is 0. The molecule has 0 unspecified atom stereocenters. The monoisotopic (exact) mass is 262 g/mol. The highest BCUT2D eigenvalue weighted by Gasteiger charge is 1.82. The molecule has 0 heterocycles. The molecule has 2 N–H and O–H groups in total. The molecule has 0 radical (unpaired) electrons. The van der Waals surface area contributed by atoms with Crippen LogP contribution >= 0.6 is 0 Å². The van der Waals surface area contributed by atoms with Crippen molar-refractivity contribution in [1.29, 1.82) is 0 Å². The van der Waals surface area contributed by atoms with Crippen LogP contribution in [-0.4, -0.2) is 0 Å². The van der Waals surface area contributed by atoms with Gasteiger partial charge < -0.3 is 10.6 Å². The second-order valence-electron chi connectivity index (χ2n) is 4.12. The van der Waals surface area contributed by atoms with Crippen molar-refractivity contribution in [3.05, 3.63) is 97.4 Å². The number of rotatable bonds is 6. The molecule has 2 aromatic rings. The molecule has 0 bridgehead atoms. The second-order valence-corrected chi connectivity index (χ2v) is 4.12. The number of hydrogen-bond donors (Lipinski definition) is 2. The van der Waals surface area contributed by atoms with Crippen LogP contribution in [0, 0.1) is 0 Å². The Morgan fingerprint density at radius 1 is 0.500 bits per heavy atom. The van der Waals surface area contributed by atoms with Crippen LogP contribution in [0.3, 0.4) is 0 Å². The van der Waals surface area contributed by atoms with Gasteiger partial charge in [0.1, 0.15) is 0 Å². The predicted octanol–water partition coefficient (Wildman–Crippen LogP) is 4.79. The lowest BCUT2D eigenvalue weighted by atomic mass is 10.3. The van der Waals surface area contributed by atoms with Crippen molar-refractivity contribution < 1.29 is 0 Å². The van der Waals surface area contributed by atoms with E-state index in [1.165, 1.54) is 0 Å². The number of para-hydroxylation sites is 2. The molecule has 2 aromatic carbocycles. The van der Waals surface area contributed by atoms with Crippen LogP contribution < -0.4 is 10.6 Å². The van der Waals surface area contributed by atoms with E-state index in [0.29, 0.717) is 0 Å². The van der Waals surface area contributed by atoms with Crippen molar-refractivity contribution in [1.82, 2.24) is 0 Å². The highest BCUT2D eigenvalue weighted by molar-refractivity contribution is 5.46. The second kappa shape index (κ2) is 8.38. The van der Waals surface area contributed by atoms with E-state index in [9.17, 15) is 0 Å². The van der Waals surface area contributed by atoms with E-state index >= 15 is 0 Å². The predicted molar refractivity (Wildman–Crippen MR) is 87.5 cm³/mol. The fourth-order valence-electron chi connectivity index (χ4n) is 1.60. The first-order valence-electron chi connectivity index (χ1n) is 6.57. The molecular formula is C18H18N2. The molecule has 0 aliphatic rings. The lowest BCUT2D eigenvalue weighted by molar-refractivity contribution is 1.57. The number of hydrogen-bond acceptors (Lipinski definition) is 2. The summed E-state index contributed by atoms with van der Waals surface area (Å²) in [6, 6.07) is 20.1. The maximum atomic E-state index is 3.19. The highest BCUT2D eigenvalue weighted by atomic mass is 14.8. The average molecular weight is 262 g/mol. The number of allylic oxidation sites excluding steroid dienone is 4. The molecule has 0 fully saturated rings. The average Bonchev–Trinajstić information content (AvgIpc) is 2.52. The van der Waals surface area contributed by atoms with Crippen molar-refractivity contribution in [3.8, 4) is 0 Å². The van der Waals surface area contributed by atoms with Gasteiger partial charge in [0.25, 0.3) is 0 Å². The zero-order chi connectivity index (χ0) is 13.9. The van der Waals surface area contributed by atoms with Gasteiger partial charge in [-0.25, -0.2) is 0 Å². The highest BCUT2D eigenvalue weighted by Crippen LogP contribution is 2.05. The van der Waals surface area contributed by atoms with Crippen molar-refractivity contribution in [2.75, 3.05) is 10.6 Å². The third-order valence-electron chi connectivity index (χ3n) is 2.57. The Labute approximate surface area is 120 Å². The Hall–Kier alpha value is -2.74. The first-order chi connectivity index (χ1) is 9.95. The van der Waals surface area contributed by atoms with Gasteiger partial charge in [-0.2, -0.15) is 0 Å². The van der Waals surface area contributed by atoms with Crippen LogP contribution in [0.15, 0.2) is 97.4 Å². The lowest BCUT2D eigenvalue weighted by Crippen LogP contribution is -1.85. The van der Waals surface area contributed by atoms with E-state index in [-0.39, 0.29) is 0 Å². The molecule has 0 saturated heterocycles. The van der Waals surface area contributed by atoms with Crippen LogP contribution in [0.2, 0.25) is 0 Å². The first-order valence-corrected chi connectivity index (χ1v) is 6.57. The zero-order valence-electron chi connectivity index (χ0n) is 11.2. The summed E-state index contributed by atoms with van der Waals surface area (Å²) in [4.78, 5) is 0. The van der Waals surface area contributed by atoms with Crippen LogP contribution in [0.5, 0.6) is 0 Å². The van der Waals surface area contributed by atoms with E-state index in [2.05, 4.69) is 10.6 Å². The minimum Gasteiger partial charge on any atom is -0.362 e. The Morgan fingerprint density at radius 2 is 0.900 bits per heavy atom. The first kappa shape index (κ1) is 13.7. The molecule has 0 amide bonds. The maximum Gasteiger partial charge on any atom is 0.0379 e. The van der Waals surface area contributed by atoms with Crippen molar-refractivity contribution in [2.45, 2.75) is 0 Å². The maximum absolute atomic E-state index is 3.19. The van der Waals surface area contributed by atoms with Crippen molar-refractivity contribution >= 4 is 11.4 Å². The van der Waals surface area contributed by atoms with Gasteiger partial charge >= 0.3 is 0 Å². The van der Waals surface area contributed by atoms with Gasteiger partial charge in [-0.15, -0.1) is 0 Å². The fraction of sp³-hybridized carbons (Fsp3) is 0. The minimum atomic E-state index is 1.08. The largest absolute Gasteiger partial charge is 0.362 e. The van der Waals surface area contributed by atoms with Gasteiger partial charge in [-0.3, -0.25) is 0 Å². The number of benzene rings is 2. The van der Waals surface area contributed by atoms with Crippen molar-refractivity contribution in [3.63, 3.8) is 0 Å². The topological polar surface area (TPSA) is 24.1 Å². The number of nitrogens with one attached hydrogen (secondary N) is 2. The summed E-state index contributed by atoms with van der Waals surface area (Å²) < 4.78 is 0. The molecule has 100 valence electrons. The summed E-state index contributed by atoms with van der Waals surface area (Å²) in [7, 11) is 0. The van der Waals surface area contributed by atoms with Gasteiger partial charge in [-0.1, -0.05) is 48.6 Å². The molecule has 0 spiro atoms. The van der Waals surface area contributed by atoms with Gasteiger partial charge in [0.2, 0.25) is 0 Å². The molecule has 0 aliphatic carbocycles. The third-order valence-corrected chi connectivity index (χ3v) is 2.57. The summed E-state index contributed by atoms with van der Waals surface area (Å²) >= 11 is 0. The van der Waals surface area contributed by atoms with Gasteiger partial charge in [-0.05, 0) is 36.4 Å². The molecule has 2 nitrogen and oxygen atoms in total. The van der Waals surface area contributed by atoms with Crippen LogP contribution in [0.4, 0.5) is 11.4 Å². The van der Waals surface area contributed by atoms with E-state index in [1.807, 2.05) is 97.4 Å². The molecule has 0 aromatic heterocycles. The van der Waals surface area contributed by atoms with Crippen molar-refractivity contribution in [2.24, 2.45) is 0 Å². The van der Waals surface area contributed by atoms with E-state index < -0.39 is 0 Å². The SMILES string of the molecule is C(=CC=CNc1ccccc1)C=CNc1ccccc1. The fourth-order valence-corrected chi connectivity index (χ4v) is 1.60. The third kappa shape index (κ3) is 5.27. The smallest absolute Gasteiger partial charge is 0.0379 e. The Kier molecular flexibility index (Phi) is 5.73. The van der Waals surface area contributed by atoms with Crippen LogP contribution in [0.1, 0.15) is 0 Å². The number of anilines is 2. The van der Waals surface area contributed by atoms with E-state index in [1.54, 1.807) is 0 Å². The standard InChI is InChI=1S/C18H18N2/c1(9-15-19-17-11-5-3-6-12-17)2-10-16-20-18-13-7-4-8-14-18/h1-16,19-20H. The van der Waals surface area contributed by atoms with Gasteiger partial charge in [0, 0.05) is 23.8 Å². The van der Waals surface area contributed by atoms with Gasteiger partial charge in [0.05, 0.1) is 0 Å². The normalized spacial score (nSPS) is 11.4. The summed E-state index contributed by atoms with van der Waals surface area (Å²) in [5, 5.41) is 6.38. The Balaban J connectivity index is 1.69. The summed E-state index contributed by atoms with van der Waals surface area (Å²) in [6.45, 7) is 0. The molecule has 2 heteroatoms. The minimum absolute atomic E-state index is 1.08. The molecule has 0 aliphatic heterocycles. The molecule has 20 heavy (non-hydrogen) atoms. The molecular weight excluding hydrogens is 244 g/mol. The molecule has 2 rings (SSSR count). The molecule has 0 saturated carbocycles.